The molecule has 2 aliphatic carbocycles. The Morgan fingerprint density at radius 1 is 1.18 bits per heavy atom. The van der Waals surface area contributed by atoms with Gasteiger partial charge in [0.15, 0.2) is 0 Å². The van der Waals surface area contributed by atoms with Gasteiger partial charge in [0.25, 0.3) is 0 Å². The first-order valence-corrected chi connectivity index (χ1v) is 7.97. The molecule has 0 saturated heterocycles. The molecular weight excluding hydrogens is 206 g/mol. The zero-order valence-electron chi connectivity index (χ0n) is 12.0. The largest absolute Gasteiger partial charge is 0.314 e. The Morgan fingerprint density at radius 3 is 2.53 bits per heavy atom. The van der Waals surface area contributed by atoms with Crippen LogP contribution in [-0.4, -0.2) is 12.6 Å². The van der Waals surface area contributed by atoms with Crippen molar-refractivity contribution < 1.29 is 0 Å². The SMILES string of the molecule is CCCNC(CC1CC2CCC1C2)C(C)CC. The first kappa shape index (κ1) is 13.4. The van der Waals surface area contributed by atoms with Crippen LogP contribution in [0.5, 0.6) is 0 Å². The van der Waals surface area contributed by atoms with E-state index in [4.69, 9.17) is 0 Å². The summed E-state index contributed by atoms with van der Waals surface area (Å²) >= 11 is 0. The molecule has 0 amide bonds. The van der Waals surface area contributed by atoms with Crippen molar-refractivity contribution in [1.82, 2.24) is 5.32 Å². The average Bonchev–Trinajstić information content (AvgIpc) is 2.95. The number of hydrogen-bond donors (Lipinski definition) is 1. The van der Waals surface area contributed by atoms with Gasteiger partial charge in [-0.15, -0.1) is 0 Å². The molecule has 100 valence electrons. The van der Waals surface area contributed by atoms with Gasteiger partial charge in [-0.2, -0.15) is 0 Å². The fourth-order valence-corrected chi connectivity index (χ4v) is 4.12. The smallest absolute Gasteiger partial charge is 0.00953 e. The molecule has 0 aromatic carbocycles. The van der Waals surface area contributed by atoms with Crippen molar-refractivity contribution in [3.05, 3.63) is 0 Å². The van der Waals surface area contributed by atoms with Crippen LogP contribution in [0.3, 0.4) is 0 Å². The Hall–Kier alpha value is -0.0400. The van der Waals surface area contributed by atoms with E-state index in [1.807, 2.05) is 0 Å². The second-order valence-corrected chi connectivity index (χ2v) is 6.62. The third kappa shape index (κ3) is 3.24. The lowest BCUT2D eigenvalue weighted by Gasteiger charge is -2.30. The Balaban J connectivity index is 1.83. The minimum absolute atomic E-state index is 0.782. The molecule has 0 aromatic rings. The third-order valence-corrected chi connectivity index (χ3v) is 5.43. The minimum atomic E-state index is 0.782. The Labute approximate surface area is 108 Å². The molecule has 1 nitrogen and oxygen atoms in total. The zero-order valence-corrected chi connectivity index (χ0v) is 12.0. The lowest BCUT2D eigenvalue weighted by Crippen LogP contribution is -2.37. The molecule has 0 aliphatic heterocycles. The number of nitrogens with one attached hydrogen (secondary N) is 1. The monoisotopic (exact) mass is 237 g/mol. The molecule has 2 saturated carbocycles. The molecule has 2 fully saturated rings. The van der Waals surface area contributed by atoms with E-state index < -0.39 is 0 Å². The highest BCUT2D eigenvalue weighted by molar-refractivity contribution is 4.92. The van der Waals surface area contributed by atoms with Gasteiger partial charge in [0.05, 0.1) is 0 Å². The standard InChI is InChI=1S/C16H31N/c1-4-8-17-16(12(3)5-2)11-15-10-13-6-7-14(15)9-13/h12-17H,4-11H2,1-3H3. The molecule has 2 aliphatic rings. The predicted octanol–water partition coefficient (Wildman–Crippen LogP) is 4.23. The van der Waals surface area contributed by atoms with Crippen molar-refractivity contribution in [2.75, 3.05) is 6.54 Å². The Morgan fingerprint density at radius 2 is 2.00 bits per heavy atom. The van der Waals surface area contributed by atoms with E-state index in [1.165, 1.54) is 38.6 Å². The highest BCUT2D eigenvalue weighted by atomic mass is 14.9. The molecule has 0 spiro atoms. The molecule has 1 N–H and O–H groups in total. The first-order chi connectivity index (χ1) is 8.24. The van der Waals surface area contributed by atoms with Gasteiger partial charge in [0, 0.05) is 6.04 Å². The van der Waals surface area contributed by atoms with E-state index >= 15 is 0 Å². The first-order valence-electron chi connectivity index (χ1n) is 7.97. The fraction of sp³-hybridized carbons (Fsp3) is 1.00. The maximum atomic E-state index is 3.81. The third-order valence-electron chi connectivity index (χ3n) is 5.43. The molecule has 1 heteroatoms. The van der Waals surface area contributed by atoms with Crippen molar-refractivity contribution in [3.8, 4) is 0 Å². The summed E-state index contributed by atoms with van der Waals surface area (Å²) in [5.41, 5.74) is 0. The summed E-state index contributed by atoms with van der Waals surface area (Å²) in [6.07, 6.45) is 10.2. The lowest BCUT2D eigenvalue weighted by molar-refractivity contribution is 0.240. The molecule has 5 atom stereocenters. The van der Waals surface area contributed by atoms with Crippen LogP contribution in [0.15, 0.2) is 0 Å². The Bertz CT molecular complexity index is 226. The summed E-state index contributed by atoms with van der Waals surface area (Å²) in [6, 6.07) is 0.782. The van der Waals surface area contributed by atoms with E-state index in [9.17, 15) is 0 Å². The number of fused-ring (bicyclic) bond motifs is 2. The van der Waals surface area contributed by atoms with Gasteiger partial charge < -0.3 is 5.32 Å². The molecule has 5 unspecified atom stereocenters. The van der Waals surface area contributed by atoms with Crippen LogP contribution in [-0.2, 0) is 0 Å². The highest BCUT2D eigenvalue weighted by Gasteiger charge is 2.40. The van der Waals surface area contributed by atoms with Gasteiger partial charge in [-0.25, -0.2) is 0 Å². The van der Waals surface area contributed by atoms with Crippen LogP contribution in [0.1, 0.15) is 65.7 Å². The van der Waals surface area contributed by atoms with Gasteiger partial charge in [-0.1, -0.05) is 33.6 Å². The molecule has 2 bridgehead atoms. The summed E-state index contributed by atoms with van der Waals surface area (Å²) in [7, 11) is 0. The molecule has 17 heavy (non-hydrogen) atoms. The summed E-state index contributed by atoms with van der Waals surface area (Å²) in [5, 5.41) is 3.81. The predicted molar refractivity (Wildman–Crippen MR) is 75.1 cm³/mol. The van der Waals surface area contributed by atoms with Gasteiger partial charge >= 0.3 is 0 Å². The van der Waals surface area contributed by atoms with Crippen molar-refractivity contribution in [2.24, 2.45) is 23.7 Å². The summed E-state index contributed by atoms with van der Waals surface area (Å²) in [6.45, 7) is 8.25. The minimum Gasteiger partial charge on any atom is -0.314 e. The van der Waals surface area contributed by atoms with Crippen molar-refractivity contribution in [1.29, 1.82) is 0 Å². The maximum absolute atomic E-state index is 3.81. The second-order valence-electron chi connectivity index (χ2n) is 6.62. The second kappa shape index (κ2) is 6.22. The van der Waals surface area contributed by atoms with E-state index in [0.29, 0.717) is 0 Å². The quantitative estimate of drug-likeness (QED) is 0.699. The Kier molecular flexibility index (Phi) is 4.90. The highest BCUT2D eigenvalue weighted by Crippen LogP contribution is 2.50. The fourth-order valence-electron chi connectivity index (χ4n) is 4.12. The normalized spacial score (nSPS) is 35.1. The van der Waals surface area contributed by atoms with Crippen LogP contribution in [0.25, 0.3) is 0 Å². The van der Waals surface area contributed by atoms with Gasteiger partial charge in [0.1, 0.15) is 0 Å². The van der Waals surface area contributed by atoms with E-state index in [2.05, 4.69) is 26.1 Å². The van der Waals surface area contributed by atoms with Gasteiger partial charge in [0.2, 0.25) is 0 Å². The molecule has 0 aromatic heterocycles. The van der Waals surface area contributed by atoms with Crippen LogP contribution < -0.4 is 5.32 Å². The van der Waals surface area contributed by atoms with Crippen LogP contribution >= 0.6 is 0 Å². The summed E-state index contributed by atoms with van der Waals surface area (Å²) in [4.78, 5) is 0. The summed E-state index contributed by atoms with van der Waals surface area (Å²) in [5.74, 6) is 4.10. The van der Waals surface area contributed by atoms with E-state index in [1.54, 1.807) is 12.8 Å². The van der Waals surface area contributed by atoms with Gasteiger partial charge in [-0.05, 0) is 62.3 Å². The number of hydrogen-bond acceptors (Lipinski definition) is 1. The van der Waals surface area contributed by atoms with Crippen LogP contribution in [0.2, 0.25) is 0 Å². The van der Waals surface area contributed by atoms with E-state index in [0.717, 1.165) is 29.7 Å². The average molecular weight is 237 g/mol. The van der Waals surface area contributed by atoms with Gasteiger partial charge in [-0.3, -0.25) is 0 Å². The summed E-state index contributed by atoms with van der Waals surface area (Å²) < 4.78 is 0. The molecule has 0 radical (unpaired) electrons. The van der Waals surface area contributed by atoms with Crippen LogP contribution in [0.4, 0.5) is 0 Å². The van der Waals surface area contributed by atoms with Crippen molar-refractivity contribution in [3.63, 3.8) is 0 Å². The van der Waals surface area contributed by atoms with Crippen LogP contribution in [0, 0.1) is 23.7 Å². The molecule has 2 rings (SSSR count). The molecule has 0 heterocycles. The molecular formula is C16H31N. The van der Waals surface area contributed by atoms with E-state index in [-0.39, 0.29) is 0 Å². The maximum Gasteiger partial charge on any atom is 0.00953 e. The topological polar surface area (TPSA) is 12.0 Å². The van der Waals surface area contributed by atoms with Crippen molar-refractivity contribution in [2.45, 2.75) is 71.8 Å². The van der Waals surface area contributed by atoms with Crippen molar-refractivity contribution >= 4 is 0 Å². The zero-order chi connectivity index (χ0) is 12.3. The number of rotatable bonds is 7. The lowest BCUT2D eigenvalue weighted by atomic mass is 9.81.